The number of hydrogen-bond donors (Lipinski definition) is 1. The fourth-order valence-electron chi connectivity index (χ4n) is 2.35. The summed E-state index contributed by atoms with van der Waals surface area (Å²) in [7, 11) is 2.10. The Morgan fingerprint density at radius 2 is 1.72 bits per heavy atom. The number of benzene rings is 1. The van der Waals surface area contributed by atoms with E-state index in [-0.39, 0.29) is 12.6 Å². The molecule has 0 radical (unpaired) electrons. The molecule has 1 aromatic carbocycles. The first-order valence-corrected chi connectivity index (χ1v) is 6.86. The van der Waals surface area contributed by atoms with Gasteiger partial charge in [-0.25, -0.2) is 0 Å². The Labute approximate surface area is 118 Å². The molecule has 1 fully saturated rings. The summed E-state index contributed by atoms with van der Waals surface area (Å²) in [4.78, 5) is 4.52. The zero-order valence-corrected chi connectivity index (χ0v) is 12.0. The molecule has 0 spiro atoms. The molecule has 5 heteroatoms. The molecule has 1 aliphatic rings. The second-order valence-corrected chi connectivity index (χ2v) is 5.49. The van der Waals surface area contributed by atoms with Crippen LogP contribution in [-0.4, -0.2) is 54.7 Å². The van der Waals surface area contributed by atoms with Crippen molar-refractivity contribution in [1.29, 1.82) is 0 Å². The molecule has 18 heavy (non-hydrogen) atoms. The predicted molar refractivity (Wildman–Crippen MR) is 75.4 cm³/mol. The van der Waals surface area contributed by atoms with Gasteiger partial charge in [0.05, 0.1) is 12.6 Å². The van der Waals surface area contributed by atoms with E-state index in [2.05, 4.69) is 16.8 Å². The number of rotatable bonds is 3. The molecule has 0 aliphatic carbocycles. The first-order valence-electron chi connectivity index (χ1n) is 6.11. The fourth-order valence-corrected chi connectivity index (χ4v) is 3.00. The maximum absolute atomic E-state index is 9.67. The number of aliphatic hydroxyl groups is 1. The molecule has 1 unspecified atom stereocenters. The molecule has 100 valence electrons. The minimum atomic E-state index is -0.111. The number of nitrogens with zero attached hydrogens (tertiary/aromatic N) is 2. The smallest absolute Gasteiger partial charge is 0.0629 e. The van der Waals surface area contributed by atoms with E-state index in [1.54, 1.807) is 0 Å². The van der Waals surface area contributed by atoms with Crippen molar-refractivity contribution in [2.45, 2.75) is 6.04 Å². The van der Waals surface area contributed by atoms with Gasteiger partial charge in [0.25, 0.3) is 0 Å². The van der Waals surface area contributed by atoms with Gasteiger partial charge in [0, 0.05) is 41.8 Å². The molecular weight excluding hydrogens is 271 g/mol. The standard InChI is InChI=1S/C13H18Cl2N2O/c1-16-5-7-17(8-6-16)12(9-18)13-10(14)3-2-4-11(13)15/h2-4,12,18H,5-9H2,1H3. The zero-order valence-electron chi connectivity index (χ0n) is 10.4. The van der Waals surface area contributed by atoms with Crippen LogP contribution in [0.4, 0.5) is 0 Å². The summed E-state index contributed by atoms with van der Waals surface area (Å²) in [6.45, 7) is 3.87. The van der Waals surface area contributed by atoms with Crippen molar-refractivity contribution >= 4 is 23.2 Å². The fraction of sp³-hybridized carbons (Fsp3) is 0.538. The minimum Gasteiger partial charge on any atom is -0.394 e. The molecule has 1 heterocycles. The second kappa shape index (κ2) is 6.22. The third kappa shape index (κ3) is 2.98. The van der Waals surface area contributed by atoms with E-state index >= 15 is 0 Å². The molecule has 1 saturated heterocycles. The number of hydrogen-bond acceptors (Lipinski definition) is 3. The van der Waals surface area contributed by atoms with Gasteiger partial charge in [-0.15, -0.1) is 0 Å². The molecule has 0 amide bonds. The molecule has 1 aromatic rings. The van der Waals surface area contributed by atoms with Crippen molar-refractivity contribution in [3.8, 4) is 0 Å². The summed E-state index contributed by atoms with van der Waals surface area (Å²) in [5.41, 5.74) is 0.841. The quantitative estimate of drug-likeness (QED) is 0.924. The lowest BCUT2D eigenvalue weighted by Gasteiger charge is -2.37. The van der Waals surface area contributed by atoms with Crippen molar-refractivity contribution in [1.82, 2.24) is 9.80 Å². The van der Waals surface area contributed by atoms with Crippen molar-refractivity contribution in [3.05, 3.63) is 33.8 Å². The van der Waals surface area contributed by atoms with Crippen LogP contribution in [0, 0.1) is 0 Å². The monoisotopic (exact) mass is 288 g/mol. The SMILES string of the molecule is CN1CCN(C(CO)c2c(Cl)cccc2Cl)CC1. The summed E-state index contributed by atoms with van der Waals surface area (Å²) < 4.78 is 0. The molecule has 1 N–H and O–H groups in total. The molecule has 2 rings (SSSR count). The van der Waals surface area contributed by atoms with Crippen LogP contribution in [0.5, 0.6) is 0 Å². The number of aliphatic hydroxyl groups excluding tert-OH is 1. The summed E-state index contributed by atoms with van der Waals surface area (Å²) in [5, 5.41) is 10.9. The Morgan fingerprint density at radius 1 is 1.17 bits per heavy atom. The van der Waals surface area contributed by atoms with Crippen LogP contribution >= 0.6 is 23.2 Å². The highest BCUT2D eigenvalue weighted by molar-refractivity contribution is 6.36. The van der Waals surface area contributed by atoms with Crippen molar-refractivity contribution in [3.63, 3.8) is 0 Å². The molecule has 1 atom stereocenters. The van der Waals surface area contributed by atoms with Gasteiger partial charge in [0.15, 0.2) is 0 Å². The first-order chi connectivity index (χ1) is 8.63. The lowest BCUT2D eigenvalue weighted by molar-refractivity contribution is 0.0749. The molecule has 0 aromatic heterocycles. The topological polar surface area (TPSA) is 26.7 Å². The van der Waals surface area contributed by atoms with Crippen molar-refractivity contribution in [2.24, 2.45) is 0 Å². The van der Waals surface area contributed by atoms with Crippen molar-refractivity contribution < 1.29 is 5.11 Å². The first kappa shape index (κ1) is 14.1. The average Bonchev–Trinajstić information content (AvgIpc) is 2.35. The lowest BCUT2D eigenvalue weighted by Crippen LogP contribution is -2.46. The van der Waals surface area contributed by atoms with Crippen LogP contribution in [0.25, 0.3) is 0 Å². The van der Waals surface area contributed by atoms with Gasteiger partial charge in [-0.05, 0) is 19.2 Å². The Kier molecular flexibility index (Phi) is 4.87. The van der Waals surface area contributed by atoms with Crippen LogP contribution < -0.4 is 0 Å². The minimum absolute atomic E-state index is 0.0349. The molecule has 3 nitrogen and oxygen atoms in total. The Hall–Kier alpha value is -0.320. The van der Waals surface area contributed by atoms with E-state index in [4.69, 9.17) is 23.2 Å². The van der Waals surface area contributed by atoms with E-state index in [9.17, 15) is 5.11 Å². The van der Waals surface area contributed by atoms with Gasteiger partial charge in [-0.2, -0.15) is 0 Å². The lowest BCUT2D eigenvalue weighted by atomic mass is 10.0. The maximum atomic E-state index is 9.67. The highest BCUT2D eigenvalue weighted by Crippen LogP contribution is 2.33. The molecule has 0 bridgehead atoms. The maximum Gasteiger partial charge on any atom is 0.0629 e. The third-order valence-electron chi connectivity index (χ3n) is 3.48. The highest BCUT2D eigenvalue weighted by atomic mass is 35.5. The second-order valence-electron chi connectivity index (χ2n) is 4.67. The summed E-state index contributed by atoms with van der Waals surface area (Å²) in [6.07, 6.45) is 0. The molecule has 1 aliphatic heterocycles. The van der Waals surface area contributed by atoms with Gasteiger partial charge in [-0.1, -0.05) is 29.3 Å². The van der Waals surface area contributed by atoms with E-state index in [1.165, 1.54) is 0 Å². The van der Waals surface area contributed by atoms with Crippen molar-refractivity contribution in [2.75, 3.05) is 39.8 Å². The van der Waals surface area contributed by atoms with Crippen LogP contribution in [0.2, 0.25) is 10.0 Å². The molecular formula is C13H18Cl2N2O. The van der Waals surface area contributed by atoms with E-state index in [0.717, 1.165) is 31.7 Å². The largest absolute Gasteiger partial charge is 0.394 e. The van der Waals surface area contributed by atoms with Gasteiger partial charge in [-0.3, -0.25) is 4.90 Å². The van der Waals surface area contributed by atoms with Crippen LogP contribution in [0.3, 0.4) is 0 Å². The van der Waals surface area contributed by atoms with Gasteiger partial charge in [0.2, 0.25) is 0 Å². The number of piperazine rings is 1. The Morgan fingerprint density at radius 3 is 2.22 bits per heavy atom. The van der Waals surface area contributed by atoms with E-state index in [0.29, 0.717) is 10.0 Å². The van der Waals surface area contributed by atoms with Gasteiger partial charge < -0.3 is 10.0 Å². The Balaban J connectivity index is 2.23. The third-order valence-corrected chi connectivity index (χ3v) is 4.14. The summed E-state index contributed by atoms with van der Waals surface area (Å²) in [6, 6.07) is 5.36. The predicted octanol–water partition coefficient (Wildman–Crippen LogP) is 2.27. The van der Waals surface area contributed by atoms with Crippen LogP contribution in [-0.2, 0) is 0 Å². The van der Waals surface area contributed by atoms with Gasteiger partial charge >= 0.3 is 0 Å². The summed E-state index contributed by atoms with van der Waals surface area (Å²) >= 11 is 12.4. The Bertz CT molecular complexity index is 386. The van der Waals surface area contributed by atoms with E-state index < -0.39 is 0 Å². The highest BCUT2D eigenvalue weighted by Gasteiger charge is 2.26. The van der Waals surface area contributed by atoms with Crippen LogP contribution in [0.15, 0.2) is 18.2 Å². The zero-order chi connectivity index (χ0) is 13.1. The number of likely N-dealkylation sites (N-methyl/N-ethyl adjacent to an activating group) is 1. The van der Waals surface area contributed by atoms with Crippen LogP contribution in [0.1, 0.15) is 11.6 Å². The molecule has 0 saturated carbocycles. The summed E-state index contributed by atoms with van der Waals surface area (Å²) in [5.74, 6) is 0. The number of halogens is 2. The normalized spacial score (nSPS) is 20.0. The average molecular weight is 289 g/mol. The van der Waals surface area contributed by atoms with Gasteiger partial charge in [0.1, 0.15) is 0 Å². The van der Waals surface area contributed by atoms with E-state index in [1.807, 2.05) is 18.2 Å².